The van der Waals surface area contributed by atoms with Crippen molar-refractivity contribution in [1.29, 1.82) is 0 Å². The summed E-state index contributed by atoms with van der Waals surface area (Å²) in [7, 11) is -3.75. The number of nitrogens with zero attached hydrogens (tertiary/aromatic N) is 1. The Morgan fingerprint density at radius 2 is 1.68 bits per heavy atom. The molecule has 5 heteroatoms. The van der Waals surface area contributed by atoms with Crippen LogP contribution in [0.4, 0.5) is 0 Å². The van der Waals surface area contributed by atoms with Crippen LogP contribution < -0.4 is 0 Å². The van der Waals surface area contributed by atoms with Crippen LogP contribution in [0.25, 0.3) is 0 Å². The summed E-state index contributed by atoms with van der Waals surface area (Å²) >= 11 is 0. The van der Waals surface area contributed by atoms with Gasteiger partial charge in [-0.15, -0.1) is 13.2 Å². The Balaban J connectivity index is 3.38. The number of rotatable bonds is 11. The van der Waals surface area contributed by atoms with E-state index in [1.165, 1.54) is 4.31 Å². The zero-order chi connectivity index (χ0) is 19.1. The highest BCUT2D eigenvalue weighted by molar-refractivity contribution is 7.89. The maximum atomic E-state index is 13.2. The molecule has 1 atom stereocenters. The first kappa shape index (κ1) is 21.1. The Morgan fingerprint density at radius 3 is 2.12 bits per heavy atom. The molecular weight excluding hydrogens is 334 g/mol. The lowest BCUT2D eigenvalue weighted by molar-refractivity contribution is 0.00330. The lowest BCUT2D eigenvalue weighted by Crippen LogP contribution is -2.52. The summed E-state index contributed by atoms with van der Waals surface area (Å²) in [6, 6.07) is 6.16. The third kappa shape index (κ3) is 4.57. The van der Waals surface area contributed by atoms with Gasteiger partial charge in [-0.1, -0.05) is 55.2 Å². The Kier molecular flexibility index (Phi) is 7.55. The van der Waals surface area contributed by atoms with Gasteiger partial charge in [0.25, 0.3) is 0 Å². The topological polar surface area (TPSA) is 46.6 Å². The van der Waals surface area contributed by atoms with Crippen LogP contribution in [0, 0.1) is 6.92 Å². The van der Waals surface area contributed by atoms with Crippen molar-refractivity contribution in [2.75, 3.05) is 13.2 Å². The molecule has 0 aliphatic heterocycles. The second-order valence-electron chi connectivity index (χ2n) is 5.71. The number of hydrogen-bond donors (Lipinski definition) is 0. The highest BCUT2D eigenvalue weighted by atomic mass is 32.2. The van der Waals surface area contributed by atoms with Gasteiger partial charge in [0.05, 0.1) is 17.5 Å². The molecule has 0 saturated heterocycles. The van der Waals surface area contributed by atoms with Crippen molar-refractivity contribution in [2.45, 2.75) is 30.4 Å². The van der Waals surface area contributed by atoms with Gasteiger partial charge in [-0.3, -0.25) is 0 Å². The average Bonchev–Trinajstić information content (AvgIpc) is 2.61. The minimum atomic E-state index is -3.75. The van der Waals surface area contributed by atoms with Crippen LogP contribution in [0.5, 0.6) is 0 Å². The molecule has 0 aliphatic carbocycles. The van der Waals surface area contributed by atoms with Crippen LogP contribution in [0.1, 0.15) is 12.5 Å². The van der Waals surface area contributed by atoms with E-state index >= 15 is 0 Å². The molecule has 0 heterocycles. The first-order valence-electron chi connectivity index (χ1n) is 8.00. The fourth-order valence-corrected chi connectivity index (χ4v) is 4.16. The second-order valence-corrected chi connectivity index (χ2v) is 7.60. The number of aryl methyl sites for hydroxylation is 1. The van der Waals surface area contributed by atoms with E-state index in [0.717, 1.165) is 5.56 Å². The molecule has 0 fully saturated rings. The van der Waals surface area contributed by atoms with Crippen LogP contribution in [0.2, 0.25) is 0 Å². The van der Waals surface area contributed by atoms with Crippen molar-refractivity contribution in [2.24, 2.45) is 0 Å². The van der Waals surface area contributed by atoms with Gasteiger partial charge in [0.2, 0.25) is 10.0 Å². The van der Waals surface area contributed by atoms with Gasteiger partial charge < -0.3 is 4.74 Å². The molecule has 0 bridgehead atoms. The van der Waals surface area contributed by atoms with E-state index in [4.69, 9.17) is 4.74 Å². The average molecular weight is 362 g/mol. The monoisotopic (exact) mass is 361 g/mol. The SMILES string of the molecule is C=CCOC(C=C)(C=C)[C@H](C)N(CC=C)S(=O)(=O)c1ccc(C)cc1. The number of benzene rings is 1. The Labute approximate surface area is 151 Å². The molecule has 1 rings (SSSR count). The molecule has 0 spiro atoms. The molecule has 0 unspecified atom stereocenters. The molecule has 0 aliphatic rings. The van der Waals surface area contributed by atoms with Crippen molar-refractivity contribution < 1.29 is 13.2 Å². The lowest BCUT2D eigenvalue weighted by atomic mass is 9.95. The van der Waals surface area contributed by atoms with Crippen LogP contribution in [-0.4, -0.2) is 37.5 Å². The smallest absolute Gasteiger partial charge is 0.243 e. The highest BCUT2D eigenvalue weighted by Gasteiger charge is 2.40. The number of hydrogen-bond acceptors (Lipinski definition) is 3. The molecule has 0 radical (unpaired) electrons. The quantitative estimate of drug-likeness (QED) is 0.562. The van der Waals surface area contributed by atoms with Gasteiger partial charge in [0, 0.05) is 6.54 Å². The molecule has 0 saturated carbocycles. The fourth-order valence-electron chi connectivity index (χ4n) is 2.53. The summed E-state index contributed by atoms with van der Waals surface area (Å²) in [5.74, 6) is 0. The van der Waals surface area contributed by atoms with E-state index in [1.54, 1.807) is 55.5 Å². The van der Waals surface area contributed by atoms with E-state index in [-0.39, 0.29) is 18.0 Å². The second kappa shape index (κ2) is 8.94. The third-order valence-electron chi connectivity index (χ3n) is 4.11. The summed E-state index contributed by atoms with van der Waals surface area (Å²) in [6.07, 6.45) is 6.28. The standard InChI is InChI=1S/C20H27NO3S/c1-7-15-21(18(6)20(9-3,10-4)24-16-8-2)25(22,23)19-13-11-17(5)12-14-19/h7-14,18H,1-4,15-16H2,5-6H3/t18-/m0/s1. The first-order chi connectivity index (χ1) is 11.8. The first-order valence-corrected chi connectivity index (χ1v) is 9.44. The van der Waals surface area contributed by atoms with E-state index in [0.29, 0.717) is 0 Å². The van der Waals surface area contributed by atoms with Crippen LogP contribution in [0.3, 0.4) is 0 Å². The van der Waals surface area contributed by atoms with Gasteiger partial charge in [0.1, 0.15) is 5.60 Å². The van der Waals surface area contributed by atoms with Crippen molar-refractivity contribution in [3.8, 4) is 0 Å². The lowest BCUT2D eigenvalue weighted by Gasteiger charge is -2.39. The molecule has 4 nitrogen and oxygen atoms in total. The maximum absolute atomic E-state index is 13.2. The maximum Gasteiger partial charge on any atom is 0.243 e. The predicted molar refractivity (Wildman–Crippen MR) is 104 cm³/mol. The Morgan fingerprint density at radius 1 is 1.12 bits per heavy atom. The summed E-state index contributed by atoms with van der Waals surface area (Å²) in [6.45, 7) is 19.0. The van der Waals surface area contributed by atoms with E-state index in [2.05, 4.69) is 26.3 Å². The van der Waals surface area contributed by atoms with Gasteiger partial charge in [-0.05, 0) is 26.0 Å². The Bertz CT molecular complexity index is 712. The molecule has 0 N–H and O–H groups in total. The van der Waals surface area contributed by atoms with Crippen molar-refractivity contribution >= 4 is 10.0 Å². The minimum Gasteiger partial charge on any atom is -0.361 e. The summed E-state index contributed by atoms with van der Waals surface area (Å²) < 4.78 is 33.5. The van der Waals surface area contributed by atoms with Crippen LogP contribution in [0.15, 0.2) is 79.8 Å². The molecule has 0 aromatic heterocycles. The predicted octanol–water partition coefficient (Wildman–Crippen LogP) is 3.87. The molecule has 1 aromatic rings. The largest absolute Gasteiger partial charge is 0.361 e. The zero-order valence-electron chi connectivity index (χ0n) is 15.0. The molecule has 0 amide bonds. The Hall–Kier alpha value is -1.95. The molecular formula is C20H27NO3S. The molecule has 136 valence electrons. The zero-order valence-corrected chi connectivity index (χ0v) is 15.8. The minimum absolute atomic E-state index is 0.137. The molecule has 1 aromatic carbocycles. The van der Waals surface area contributed by atoms with Gasteiger partial charge in [-0.25, -0.2) is 8.42 Å². The van der Waals surface area contributed by atoms with Gasteiger partial charge >= 0.3 is 0 Å². The van der Waals surface area contributed by atoms with Crippen molar-refractivity contribution in [3.63, 3.8) is 0 Å². The van der Waals surface area contributed by atoms with E-state index in [1.807, 2.05) is 6.92 Å². The number of ether oxygens (including phenoxy) is 1. The van der Waals surface area contributed by atoms with Gasteiger partial charge in [0.15, 0.2) is 0 Å². The van der Waals surface area contributed by atoms with Crippen LogP contribution >= 0.6 is 0 Å². The molecule has 25 heavy (non-hydrogen) atoms. The summed E-state index contributed by atoms with van der Waals surface area (Å²) in [5, 5.41) is 0. The van der Waals surface area contributed by atoms with E-state index in [9.17, 15) is 8.42 Å². The fraction of sp³-hybridized carbons (Fsp3) is 0.300. The van der Waals surface area contributed by atoms with Crippen molar-refractivity contribution in [3.05, 3.63) is 80.4 Å². The third-order valence-corrected chi connectivity index (χ3v) is 6.06. The van der Waals surface area contributed by atoms with Gasteiger partial charge in [-0.2, -0.15) is 4.31 Å². The summed E-state index contributed by atoms with van der Waals surface area (Å²) in [5.41, 5.74) is -0.0577. The normalized spacial score (nSPS) is 13.2. The van der Waals surface area contributed by atoms with E-state index < -0.39 is 21.7 Å². The van der Waals surface area contributed by atoms with Crippen molar-refractivity contribution in [1.82, 2.24) is 4.31 Å². The summed E-state index contributed by atoms with van der Waals surface area (Å²) in [4.78, 5) is 0.220. The van der Waals surface area contributed by atoms with Crippen LogP contribution in [-0.2, 0) is 14.8 Å². The number of sulfonamides is 1. The highest BCUT2D eigenvalue weighted by Crippen LogP contribution is 2.29.